The summed E-state index contributed by atoms with van der Waals surface area (Å²) in [6.07, 6.45) is 3.41. The average Bonchev–Trinajstić information content (AvgIpc) is 2.62. The molecule has 2 aromatic rings. The van der Waals surface area contributed by atoms with Gasteiger partial charge in [-0.05, 0) is 24.3 Å². The first-order valence-electron chi connectivity index (χ1n) is 7.37. The highest BCUT2D eigenvalue weighted by Gasteiger charge is 2.25. The van der Waals surface area contributed by atoms with Crippen LogP contribution >= 0.6 is 0 Å². The standard InChI is InChI=1S/C16H18N4O3/c1-23-12-3-4-14(21)13(11-12)15(22)19-7-9-20(10-8-19)16-17-5-2-6-18-16/h2-6,11,21H,7-10H2,1H3. The molecule has 7 heteroatoms. The molecule has 3 rings (SSSR count). The summed E-state index contributed by atoms with van der Waals surface area (Å²) in [5, 5.41) is 9.93. The number of hydrogen-bond acceptors (Lipinski definition) is 6. The van der Waals surface area contributed by atoms with E-state index in [0.29, 0.717) is 37.9 Å². The van der Waals surface area contributed by atoms with Crippen LogP contribution in [0.3, 0.4) is 0 Å². The van der Waals surface area contributed by atoms with E-state index in [-0.39, 0.29) is 17.2 Å². The molecule has 0 radical (unpaired) electrons. The van der Waals surface area contributed by atoms with Crippen LogP contribution in [0.15, 0.2) is 36.7 Å². The van der Waals surface area contributed by atoms with Gasteiger partial charge in [0, 0.05) is 38.6 Å². The van der Waals surface area contributed by atoms with Gasteiger partial charge in [-0.3, -0.25) is 4.79 Å². The van der Waals surface area contributed by atoms with Gasteiger partial charge in [-0.1, -0.05) is 0 Å². The van der Waals surface area contributed by atoms with Crippen molar-refractivity contribution < 1.29 is 14.6 Å². The number of amides is 1. The third kappa shape index (κ3) is 3.18. The van der Waals surface area contributed by atoms with Gasteiger partial charge in [0.05, 0.1) is 12.7 Å². The molecule has 1 saturated heterocycles. The fraction of sp³-hybridized carbons (Fsp3) is 0.312. The summed E-state index contributed by atoms with van der Waals surface area (Å²) >= 11 is 0. The van der Waals surface area contributed by atoms with Crippen molar-refractivity contribution in [3.8, 4) is 11.5 Å². The second-order valence-corrected chi connectivity index (χ2v) is 5.21. The van der Waals surface area contributed by atoms with Gasteiger partial charge in [-0.2, -0.15) is 0 Å². The summed E-state index contributed by atoms with van der Waals surface area (Å²) in [5.74, 6) is 0.978. The second kappa shape index (κ2) is 6.51. The molecule has 1 fully saturated rings. The number of ether oxygens (including phenoxy) is 1. The van der Waals surface area contributed by atoms with E-state index in [4.69, 9.17) is 4.74 Å². The molecule has 1 aromatic carbocycles. The zero-order valence-corrected chi connectivity index (χ0v) is 12.8. The molecular weight excluding hydrogens is 296 g/mol. The Kier molecular flexibility index (Phi) is 4.27. The maximum absolute atomic E-state index is 12.6. The molecule has 1 aliphatic heterocycles. The molecule has 1 N–H and O–H groups in total. The number of phenolic OH excluding ortho intramolecular Hbond substituents is 1. The Balaban J connectivity index is 1.69. The van der Waals surface area contributed by atoms with Crippen LogP contribution in [0.25, 0.3) is 0 Å². The van der Waals surface area contributed by atoms with Crippen LogP contribution in [0.2, 0.25) is 0 Å². The van der Waals surface area contributed by atoms with E-state index in [1.54, 1.807) is 35.5 Å². The number of methoxy groups -OCH3 is 1. The monoisotopic (exact) mass is 314 g/mol. The second-order valence-electron chi connectivity index (χ2n) is 5.21. The van der Waals surface area contributed by atoms with Crippen molar-refractivity contribution in [1.29, 1.82) is 0 Å². The molecule has 0 atom stereocenters. The highest BCUT2D eigenvalue weighted by atomic mass is 16.5. The largest absolute Gasteiger partial charge is 0.507 e. The van der Waals surface area contributed by atoms with Crippen molar-refractivity contribution in [2.75, 3.05) is 38.2 Å². The number of piperazine rings is 1. The summed E-state index contributed by atoms with van der Waals surface area (Å²) in [5.41, 5.74) is 0.258. The van der Waals surface area contributed by atoms with Crippen molar-refractivity contribution >= 4 is 11.9 Å². The van der Waals surface area contributed by atoms with Gasteiger partial charge < -0.3 is 19.6 Å². The molecular formula is C16H18N4O3. The minimum atomic E-state index is -0.199. The van der Waals surface area contributed by atoms with Gasteiger partial charge in [-0.25, -0.2) is 9.97 Å². The number of phenols is 1. The number of rotatable bonds is 3. The van der Waals surface area contributed by atoms with E-state index in [1.165, 1.54) is 13.2 Å². The molecule has 1 amide bonds. The first kappa shape index (κ1) is 15.1. The Morgan fingerprint density at radius 1 is 1.17 bits per heavy atom. The molecule has 0 bridgehead atoms. The Labute approximate surface area is 134 Å². The lowest BCUT2D eigenvalue weighted by Gasteiger charge is -2.34. The molecule has 0 aliphatic carbocycles. The summed E-state index contributed by atoms with van der Waals surface area (Å²) in [4.78, 5) is 24.8. The predicted molar refractivity (Wildman–Crippen MR) is 84.8 cm³/mol. The van der Waals surface area contributed by atoms with Gasteiger partial charge in [0.1, 0.15) is 11.5 Å². The lowest BCUT2D eigenvalue weighted by atomic mass is 10.1. The quantitative estimate of drug-likeness (QED) is 0.916. The lowest BCUT2D eigenvalue weighted by molar-refractivity contribution is 0.0743. The molecule has 0 unspecified atom stereocenters. The fourth-order valence-electron chi connectivity index (χ4n) is 2.55. The maximum atomic E-state index is 12.6. The molecule has 1 aliphatic rings. The SMILES string of the molecule is COc1ccc(O)c(C(=O)N2CCN(c3ncccn3)CC2)c1. The summed E-state index contributed by atoms with van der Waals surface area (Å²) in [6.45, 7) is 2.41. The number of nitrogens with zero attached hydrogens (tertiary/aromatic N) is 4. The van der Waals surface area contributed by atoms with Crippen LogP contribution < -0.4 is 9.64 Å². The highest BCUT2D eigenvalue weighted by molar-refractivity contribution is 5.97. The number of hydrogen-bond donors (Lipinski definition) is 1. The van der Waals surface area contributed by atoms with E-state index < -0.39 is 0 Å². The Hall–Kier alpha value is -2.83. The molecule has 23 heavy (non-hydrogen) atoms. The van der Waals surface area contributed by atoms with Gasteiger partial charge in [0.15, 0.2) is 0 Å². The van der Waals surface area contributed by atoms with E-state index in [2.05, 4.69) is 9.97 Å². The Morgan fingerprint density at radius 3 is 2.52 bits per heavy atom. The maximum Gasteiger partial charge on any atom is 0.257 e. The van der Waals surface area contributed by atoms with Crippen LogP contribution in [0.5, 0.6) is 11.5 Å². The van der Waals surface area contributed by atoms with Crippen molar-refractivity contribution in [1.82, 2.24) is 14.9 Å². The summed E-state index contributed by atoms with van der Waals surface area (Å²) < 4.78 is 5.12. The number of aromatic nitrogens is 2. The van der Waals surface area contributed by atoms with E-state index in [9.17, 15) is 9.90 Å². The number of anilines is 1. The topological polar surface area (TPSA) is 78.8 Å². The van der Waals surface area contributed by atoms with E-state index in [0.717, 1.165) is 0 Å². The smallest absolute Gasteiger partial charge is 0.257 e. The first-order valence-corrected chi connectivity index (χ1v) is 7.37. The zero-order valence-electron chi connectivity index (χ0n) is 12.8. The van der Waals surface area contributed by atoms with Gasteiger partial charge >= 0.3 is 0 Å². The number of carbonyl (C=O) groups is 1. The number of aromatic hydroxyl groups is 1. The molecule has 120 valence electrons. The molecule has 1 aromatic heterocycles. The van der Waals surface area contributed by atoms with Crippen molar-refractivity contribution in [3.05, 3.63) is 42.2 Å². The predicted octanol–water partition coefficient (Wildman–Crippen LogP) is 1.15. The van der Waals surface area contributed by atoms with Crippen molar-refractivity contribution in [2.45, 2.75) is 0 Å². The molecule has 7 nitrogen and oxygen atoms in total. The minimum Gasteiger partial charge on any atom is -0.507 e. The lowest BCUT2D eigenvalue weighted by Crippen LogP contribution is -2.49. The van der Waals surface area contributed by atoms with Crippen LogP contribution in [0.4, 0.5) is 5.95 Å². The van der Waals surface area contributed by atoms with Crippen LogP contribution in [0.1, 0.15) is 10.4 Å². The minimum absolute atomic E-state index is 0.0374. The highest BCUT2D eigenvalue weighted by Crippen LogP contribution is 2.25. The first-order chi connectivity index (χ1) is 11.2. The summed E-state index contributed by atoms with van der Waals surface area (Å²) in [7, 11) is 1.53. The van der Waals surface area contributed by atoms with Crippen LogP contribution in [-0.2, 0) is 0 Å². The number of benzene rings is 1. The van der Waals surface area contributed by atoms with E-state index in [1.807, 2.05) is 4.90 Å². The zero-order chi connectivity index (χ0) is 16.2. The van der Waals surface area contributed by atoms with Gasteiger partial charge in [-0.15, -0.1) is 0 Å². The third-order valence-corrected chi connectivity index (χ3v) is 3.84. The Bertz CT molecular complexity index is 685. The molecule has 0 saturated carbocycles. The fourth-order valence-corrected chi connectivity index (χ4v) is 2.55. The Morgan fingerprint density at radius 2 is 1.87 bits per heavy atom. The van der Waals surface area contributed by atoms with Crippen molar-refractivity contribution in [2.24, 2.45) is 0 Å². The van der Waals surface area contributed by atoms with Gasteiger partial charge in [0.25, 0.3) is 5.91 Å². The number of carbonyl (C=O) groups excluding carboxylic acids is 1. The van der Waals surface area contributed by atoms with E-state index >= 15 is 0 Å². The van der Waals surface area contributed by atoms with Crippen molar-refractivity contribution in [3.63, 3.8) is 0 Å². The normalized spacial score (nSPS) is 14.7. The molecule has 0 spiro atoms. The summed E-state index contributed by atoms with van der Waals surface area (Å²) in [6, 6.07) is 6.43. The molecule has 2 heterocycles. The van der Waals surface area contributed by atoms with Gasteiger partial charge in [0.2, 0.25) is 5.95 Å². The average molecular weight is 314 g/mol. The van der Waals surface area contributed by atoms with Crippen LogP contribution in [-0.4, -0.2) is 59.2 Å². The van der Waals surface area contributed by atoms with Crippen LogP contribution in [0, 0.1) is 0 Å². The third-order valence-electron chi connectivity index (χ3n) is 3.84.